The van der Waals surface area contributed by atoms with E-state index in [0.717, 1.165) is 4.47 Å². The Bertz CT molecular complexity index is 401. The zero-order valence-corrected chi connectivity index (χ0v) is 11.7. The van der Waals surface area contributed by atoms with E-state index in [1.807, 2.05) is 0 Å². The van der Waals surface area contributed by atoms with Crippen LogP contribution in [0, 0.1) is 10.1 Å². The van der Waals surface area contributed by atoms with Crippen LogP contribution in [0.1, 0.15) is 0 Å². The third-order valence-electron chi connectivity index (χ3n) is 1.41. The van der Waals surface area contributed by atoms with Gasteiger partial charge in [0.1, 0.15) is 0 Å². The summed E-state index contributed by atoms with van der Waals surface area (Å²) in [6.45, 7) is 0. The average molecular weight is 406 g/mol. The molecule has 82 valence electrons. The van der Waals surface area contributed by atoms with Crippen LogP contribution < -0.4 is 11.0 Å². The van der Waals surface area contributed by atoms with Crippen molar-refractivity contribution in [3.63, 3.8) is 0 Å². The van der Waals surface area contributed by atoms with Gasteiger partial charge in [-0.1, -0.05) is 0 Å². The van der Waals surface area contributed by atoms with Crippen molar-refractivity contribution in [3.8, 4) is 0 Å². The van der Waals surface area contributed by atoms with E-state index in [1.165, 1.54) is 0 Å². The van der Waals surface area contributed by atoms with Crippen molar-refractivity contribution in [2.75, 3.05) is 5.17 Å². The Balaban J connectivity index is 3.05. The van der Waals surface area contributed by atoms with Crippen LogP contribution in [-0.2, 0) is 4.94 Å². The normalized spacial score (nSPS) is 9.87. The summed E-state index contributed by atoms with van der Waals surface area (Å²) in [6.07, 6.45) is 0. The maximum Gasteiger partial charge on any atom is 0.318 e. The van der Waals surface area contributed by atoms with E-state index in [1.54, 1.807) is 12.1 Å². The molecule has 0 unspecified atom stereocenters. The first-order chi connectivity index (χ1) is 6.93. The summed E-state index contributed by atoms with van der Waals surface area (Å²) in [6, 6.07) is 3.23. The molecule has 0 spiro atoms. The lowest BCUT2D eigenvalue weighted by atomic mass is 10.3. The number of rotatable bonds is 3. The van der Waals surface area contributed by atoms with E-state index in [-0.39, 0.29) is 0 Å². The standard InChI is InChI=1S/C6H4Br3N3O3/c7-3-1-2-4(6(9)5(3)8)11(10)15-12(13)14/h1-2H,10H2. The molecule has 0 aliphatic rings. The second-order valence-corrected chi connectivity index (χ2v) is 4.77. The lowest BCUT2D eigenvalue weighted by Gasteiger charge is -2.16. The Morgan fingerprint density at radius 1 is 1.33 bits per heavy atom. The van der Waals surface area contributed by atoms with Gasteiger partial charge in [0, 0.05) is 8.95 Å². The van der Waals surface area contributed by atoms with Gasteiger partial charge in [0.2, 0.25) is 0 Å². The molecule has 0 heterocycles. The third kappa shape index (κ3) is 3.03. The van der Waals surface area contributed by atoms with Crippen LogP contribution in [0.3, 0.4) is 0 Å². The summed E-state index contributed by atoms with van der Waals surface area (Å²) in [4.78, 5) is 14.2. The first-order valence-corrected chi connectivity index (χ1v) is 5.82. The molecule has 0 radical (unpaired) electrons. The Kier molecular flexibility index (Phi) is 4.32. The van der Waals surface area contributed by atoms with Gasteiger partial charge in [-0.3, -0.25) is 0 Å². The van der Waals surface area contributed by atoms with E-state index in [2.05, 4.69) is 52.7 Å². The number of hydrogen-bond donors (Lipinski definition) is 1. The summed E-state index contributed by atoms with van der Waals surface area (Å²) >= 11 is 9.75. The predicted molar refractivity (Wildman–Crippen MR) is 64.3 cm³/mol. The lowest BCUT2D eigenvalue weighted by molar-refractivity contribution is -0.762. The number of hydrazine groups is 1. The minimum absolute atomic E-state index is 0.321. The van der Waals surface area contributed by atoms with E-state index in [4.69, 9.17) is 5.84 Å². The SMILES string of the molecule is NN(O[N+](=O)[O-])c1ccc(Br)c(Br)c1Br. The van der Waals surface area contributed by atoms with Gasteiger partial charge in [-0.2, -0.15) is 4.94 Å². The maximum atomic E-state index is 10.1. The first-order valence-electron chi connectivity index (χ1n) is 3.44. The van der Waals surface area contributed by atoms with Gasteiger partial charge in [0.15, 0.2) is 0 Å². The Morgan fingerprint density at radius 2 is 1.93 bits per heavy atom. The number of benzene rings is 1. The molecule has 0 amide bonds. The Labute approximate surface area is 110 Å². The van der Waals surface area contributed by atoms with Crippen LogP contribution in [0.4, 0.5) is 5.69 Å². The zero-order valence-electron chi connectivity index (χ0n) is 6.99. The smallest absolute Gasteiger partial charge is 0.223 e. The Hall–Kier alpha value is -0.380. The minimum atomic E-state index is -0.998. The van der Waals surface area contributed by atoms with Crippen LogP contribution in [0.15, 0.2) is 25.6 Å². The van der Waals surface area contributed by atoms with Gasteiger partial charge < -0.3 is 0 Å². The van der Waals surface area contributed by atoms with Crippen molar-refractivity contribution < 1.29 is 10.0 Å². The number of anilines is 1. The molecule has 1 aromatic carbocycles. The van der Waals surface area contributed by atoms with E-state index in [0.29, 0.717) is 19.8 Å². The van der Waals surface area contributed by atoms with Crippen LogP contribution in [0.2, 0.25) is 0 Å². The largest absolute Gasteiger partial charge is 0.318 e. The molecule has 0 fully saturated rings. The molecule has 1 aromatic rings. The van der Waals surface area contributed by atoms with Crippen molar-refractivity contribution in [3.05, 3.63) is 35.7 Å². The van der Waals surface area contributed by atoms with Crippen LogP contribution >= 0.6 is 47.8 Å². The molecule has 0 aliphatic heterocycles. The van der Waals surface area contributed by atoms with Crippen molar-refractivity contribution in [2.24, 2.45) is 5.84 Å². The maximum absolute atomic E-state index is 10.1. The minimum Gasteiger partial charge on any atom is -0.223 e. The molecule has 1 rings (SSSR count). The molecule has 0 atom stereocenters. The molecule has 9 heteroatoms. The van der Waals surface area contributed by atoms with Gasteiger partial charge in [0.05, 0.1) is 10.2 Å². The molecule has 0 aromatic heterocycles. The second kappa shape index (κ2) is 5.10. The topological polar surface area (TPSA) is 81.6 Å². The molecule has 0 aliphatic carbocycles. The average Bonchev–Trinajstić information content (AvgIpc) is 2.13. The fourth-order valence-corrected chi connectivity index (χ4v) is 2.25. The quantitative estimate of drug-likeness (QED) is 0.362. The highest BCUT2D eigenvalue weighted by atomic mass is 79.9. The summed E-state index contributed by atoms with van der Waals surface area (Å²) in [5, 5.41) is 9.63. The fourth-order valence-electron chi connectivity index (χ4n) is 0.802. The van der Waals surface area contributed by atoms with Gasteiger partial charge in [-0.05, 0) is 59.9 Å². The third-order valence-corrected chi connectivity index (χ3v) is 4.76. The molecular formula is C6H4Br3N3O3. The first kappa shape index (κ1) is 12.7. The highest BCUT2D eigenvalue weighted by molar-refractivity contribution is 9.14. The van der Waals surface area contributed by atoms with E-state index in [9.17, 15) is 10.1 Å². The Morgan fingerprint density at radius 3 is 2.47 bits per heavy atom. The van der Waals surface area contributed by atoms with Gasteiger partial charge in [-0.15, -0.1) is 15.3 Å². The molecule has 0 saturated carbocycles. The summed E-state index contributed by atoms with van der Waals surface area (Å²) < 4.78 is 2.01. The summed E-state index contributed by atoms with van der Waals surface area (Å²) in [5.41, 5.74) is 0.321. The van der Waals surface area contributed by atoms with Crippen molar-refractivity contribution >= 4 is 53.5 Å². The second-order valence-electron chi connectivity index (χ2n) is 2.33. The molecule has 15 heavy (non-hydrogen) atoms. The summed E-state index contributed by atoms with van der Waals surface area (Å²) in [5.74, 6) is 5.32. The van der Waals surface area contributed by atoms with Crippen LogP contribution in [0.5, 0.6) is 0 Å². The van der Waals surface area contributed by atoms with Crippen LogP contribution in [0.25, 0.3) is 0 Å². The fraction of sp³-hybridized carbons (Fsp3) is 0. The van der Waals surface area contributed by atoms with Gasteiger partial charge >= 0.3 is 5.09 Å². The van der Waals surface area contributed by atoms with Crippen molar-refractivity contribution in [2.45, 2.75) is 0 Å². The monoisotopic (exact) mass is 403 g/mol. The van der Waals surface area contributed by atoms with Gasteiger partial charge in [0.25, 0.3) is 0 Å². The highest BCUT2D eigenvalue weighted by Crippen LogP contribution is 2.37. The molecule has 0 saturated heterocycles. The number of nitrogens with two attached hydrogens (primary N) is 1. The summed E-state index contributed by atoms with van der Waals surface area (Å²) in [7, 11) is 0. The van der Waals surface area contributed by atoms with Crippen LogP contribution in [-0.4, -0.2) is 5.09 Å². The van der Waals surface area contributed by atoms with Crippen molar-refractivity contribution in [1.29, 1.82) is 0 Å². The molecular weight excluding hydrogens is 402 g/mol. The zero-order chi connectivity index (χ0) is 11.6. The lowest BCUT2D eigenvalue weighted by Crippen LogP contribution is -2.33. The van der Waals surface area contributed by atoms with Crippen molar-refractivity contribution in [1.82, 2.24) is 0 Å². The van der Waals surface area contributed by atoms with E-state index >= 15 is 0 Å². The number of halogens is 3. The highest BCUT2D eigenvalue weighted by Gasteiger charge is 2.14. The van der Waals surface area contributed by atoms with E-state index < -0.39 is 5.09 Å². The molecule has 0 bridgehead atoms. The molecule has 2 N–H and O–H groups in total. The van der Waals surface area contributed by atoms with Gasteiger partial charge in [-0.25, -0.2) is 5.84 Å². The number of nitrogens with zero attached hydrogens (tertiary/aromatic N) is 2. The predicted octanol–water partition coefficient (Wildman–Crippen LogP) is 2.78. The number of hydrogen-bond acceptors (Lipinski definition) is 5. The molecule has 6 nitrogen and oxygen atoms in total.